The van der Waals surface area contributed by atoms with E-state index in [1.54, 1.807) is 0 Å². The molecule has 1 atom stereocenters. The lowest BCUT2D eigenvalue weighted by Crippen LogP contribution is -2.46. The zero-order valence-electron chi connectivity index (χ0n) is 11.6. The van der Waals surface area contributed by atoms with Gasteiger partial charge in [-0.15, -0.1) is 0 Å². The standard InChI is InChI=1S/C15H24N2O2/c1-15(18)8-4-9-17(12-15)10-5-11-19-14-7-3-2-6-13(14)16/h2-3,6-7,18H,4-5,8-12,16H2,1H3. The Balaban J connectivity index is 1.68. The number of hydrogen-bond acceptors (Lipinski definition) is 4. The van der Waals surface area contributed by atoms with E-state index in [0.29, 0.717) is 12.3 Å². The van der Waals surface area contributed by atoms with Crippen LogP contribution in [0.1, 0.15) is 26.2 Å². The molecule has 4 heteroatoms. The molecule has 1 fully saturated rings. The van der Waals surface area contributed by atoms with Crippen molar-refractivity contribution in [2.75, 3.05) is 32.0 Å². The van der Waals surface area contributed by atoms with Gasteiger partial charge in [0.25, 0.3) is 0 Å². The molecule has 1 aliphatic rings. The van der Waals surface area contributed by atoms with Crippen molar-refractivity contribution in [3.8, 4) is 5.75 Å². The predicted octanol–water partition coefficient (Wildman–Crippen LogP) is 1.88. The van der Waals surface area contributed by atoms with Gasteiger partial charge in [0.2, 0.25) is 0 Å². The third kappa shape index (κ3) is 4.40. The van der Waals surface area contributed by atoms with E-state index in [2.05, 4.69) is 4.90 Å². The van der Waals surface area contributed by atoms with Crippen molar-refractivity contribution in [3.63, 3.8) is 0 Å². The molecule has 3 N–H and O–H groups in total. The maximum Gasteiger partial charge on any atom is 0.142 e. The van der Waals surface area contributed by atoms with E-state index in [1.165, 1.54) is 0 Å². The Hall–Kier alpha value is -1.26. The largest absolute Gasteiger partial charge is 0.491 e. The van der Waals surface area contributed by atoms with E-state index in [4.69, 9.17) is 10.5 Å². The van der Waals surface area contributed by atoms with E-state index in [-0.39, 0.29) is 0 Å². The number of ether oxygens (including phenoxy) is 1. The minimum atomic E-state index is -0.525. The Morgan fingerprint density at radius 2 is 2.21 bits per heavy atom. The van der Waals surface area contributed by atoms with Crippen molar-refractivity contribution in [2.24, 2.45) is 0 Å². The first-order valence-electron chi connectivity index (χ1n) is 6.99. The highest BCUT2D eigenvalue weighted by Crippen LogP contribution is 2.21. The number of piperidine rings is 1. The van der Waals surface area contributed by atoms with Crippen molar-refractivity contribution in [3.05, 3.63) is 24.3 Å². The van der Waals surface area contributed by atoms with Crippen LogP contribution in [0.4, 0.5) is 5.69 Å². The molecule has 1 aromatic rings. The number of hydrogen-bond donors (Lipinski definition) is 2. The normalized spacial score (nSPS) is 24.3. The monoisotopic (exact) mass is 264 g/mol. The maximum absolute atomic E-state index is 10.0. The van der Waals surface area contributed by atoms with Crippen molar-refractivity contribution in [2.45, 2.75) is 31.8 Å². The van der Waals surface area contributed by atoms with Crippen molar-refractivity contribution in [1.82, 2.24) is 4.90 Å². The fraction of sp³-hybridized carbons (Fsp3) is 0.600. The van der Waals surface area contributed by atoms with Gasteiger partial charge < -0.3 is 20.5 Å². The van der Waals surface area contributed by atoms with Gasteiger partial charge in [-0.2, -0.15) is 0 Å². The van der Waals surface area contributed by atoms with Crippen LogP contribution in [0, 0.1) is 0 Å². The third-order valence-corrected chi connectivity index (χ3v) is 3.55. The number of para-hydroxylation sites is 2. The lowest BCUT2D eigenvalue weighted by Gasteiger charge is -2.36. The molecule has 0 aliphatic carbocycles. The zero-order chi connectivity index (χ0) is 13.7. The second-order valence-electron chi connectivity index (χ2n) is 5.62. The number of likely N-dealkylation sites (tertiary alicyclic amines) is 1. The van der Waals surface area contributed by atoms with Gasteiger partial charge in [0.05, 0.1) is 17.9 Å². The lowest BCUT2D eigenvalue weighted by molar-refractivity contribution is -0.0164. The summed E-state index contributed by atoms with van der Waals surface area (Å²) in [7, 11) is 0. The number of anilines is 1. The lowest BCUT2D eigenvalue weighted by atomic mass is 9.95. The Morgan fingerprint density at radius 1 is 1.42 bits per heavy atom. The van der Waals surface area contributed by atoms with Crippen LogP contribution in [0.3, 0.4) is 0 Å². The van der Waals surface area contributed by atoms with Crippen LogP contribution in [-0.4, -0.2) is 41.8 Å². The first-order chi connectivity index (χ1) is 9.07. The van der Waals surface area contributed by atoms with Gasteiger partial charge in [0.15, 0.2) is 0 Å². The molecule has 1 unspecified atom stereocenters. The second kappa shape index (κ2) is 6.26. The molecule has 0 spiro atoms. The number of β-amino-alcohol motifs (C(OH)–C–C–N with tert-alkyl or cyclic N) is 1. The third-order valence-electron chi connectivity index (χ3n) is 3.55. The summed E-state index contributed by atoms with van der Waals surface area (Å²) >= 11 is 0. The van der Waals surface area contributed by atoms with Crippen molar-refractivity contribution < 1.29 is 9.84 Å². The van der Waals surface area contributed by atoms with Crippen LogP contribution in [0.2, 0.25) is 0 Å². The molecule has 1 saturated heterocycles. The molecule has 106 valence electrons. The molecular weight excluding hydrogens is 240 g/mol. The van der Waals surface area contributed by atoms with E-state index in [1.807, 2.05) is 31.2 Å². The smallest absolute Gasteiger partial charge is 0.142 e. The summed E-state index contributed by atoms with van der Waals surface area (Å²) in [5.41, 5.74) is 5.97. The summed E-state index contributed by atoms with van der Waals surface area (Å²) < 4.78 is 5.67. The molecule has 0 aromatic heterocycles. The van der Waals surface area contributed by atoms with Gasteiger partial charge >= 0.3 is 0 Å². The molecule has 2 rings (SSSR count). The first kappa shape index (κ1) is 14.2. The molecule has 0 amide bonds. The molecule has 4 nitrogen and oxygen atoms in total. The summed E-state index contributed by atoms with van der Waals surface area (Å²) in [4.78, 5) is 2.31. The number of benzene rings is 1. The summed E-state index contributed by atoms with van der Waals surface area (Å²) in [6.45, 7) is 5.38. The van der Waals surface area contributed by atoms with Gasteiger partial charge in [-0.25, -0.2) is 0 Å². The number of nitrogens with two attached hydrogens (primary N) is 1. The average Bonchev–Trinajstić information content (AvgIpc) is 2.35. The fourth-order valence-corrected chi connectivity index (χ4v) is 2.60. The summed E-state index contributed by atoms with van der Waals surface area (Å²) in [5, 5.41) is 10.0. The summed E-state index contributed by atoms with van der Waals surface area (Å²) in [5.74, 6) is 0.758. The van der Waals surface area contributed by atoms with Gasteiger partial charge in [-0.3, -0.25) is 0 Å². The minimum absolute atomic E-state index is 0.525. The first-order valence-corrected chi connectivity index (χ1v) is 6.99. The second-order valence-corrected chi connectivity index (χ2v) is 5.62. The van der Waals surface area contributed by atoms with Gasteiger partial charge in [-0.1, -0.05) is 12.1 Å². The highest BCUT2D eigenvalue weighted by molar-refractivity contribution is 5.51. The molecule has 1 heterocycles. The van der Waals surface area contributed by atoms with Gasteiger partial charge in [-0.05, 0) is 44.9 Å². The van der Waals surface area contributed by atoms with Crippen LogP contribution in [0.5, 0.6) is 5.75 Å². The molecule has 0 radical (unpaired) electrons. The zero-order valence-corrected chi connectivity index (χ0v) is 11.6. The number of rotatable bonds is 5. The highest BCUT2D eigenvalue weighted by Gasteiger charge is 2.27. The van der Waals surface area contributed by atoms with Crippen LogP contribution >= 0.6 is 0 Å². The summed E-state index contributed by atoms with van der Waals surface area (Å²) in [6, 6.07) is 7.56. The van der Waals surface area contributed by atoms with Crippen LogP contribution in [-0.2, 0) is 0 Å². The van der Waals surface area contributed by atoms with Crippen molar-refractivity contribution >= 4 is 5.69 Å². The summed E-state index contributed by atoms with van der Waals surface area (Å²) in [6.07, 6.45) is 2.92. The van der Waals surface area contributed by atoms with Crippen LogP contribution < -0.4 is 10.5 Å². The molecule has 0 bridgehead atoms. The van der Waals surface area contributed by atoms with E-state index in [9.17, 15) is 5.11 Å². The molecule has 19 heavy (non-hydrogen) atoms. The van der Waals surface area contributed by atoms with Gasteiger partial charge in [0, 0.05) is 13.1 Å². The SMILES string of the molecule is CC1(O)CCCN(CCCOc2ccccc2N)C1. The van der Waals surface area contributed by atoms with Crippen LogP contribution in [0.15, 0.2) is 24.3 Å². The molecule has 0 saturated carbocycles. The molecular formula is C15H24N2O2. The Labute approximate surface area is 115 Å². The minimum Gasteiger partial charge on any atom is -0.491 e. The Bertz CT molecular complexity index is 407. The van der Waals surface area contributed by atoms with Gasteiger partial charge in [0.1, 0.15) is 5.75 Å². The topological polar surface area (TPSA) is 58.7 Å². The Kier molecular flexibility index (Phi) is 4.66. The molecule has 1 aliphatic heterocycles. The van der Waals surface area contributed by atoms with E-state index >= 15 is 0 Å². The number of aliphatic hydroxyl groups is 1. The Morgan fingerprint density at radius 3 is 2.95 bits per heavy atom. The predicted molar refractivity (Wildman–Crippen MR) is 77.3 cm³/mol. The van der Waals surface area contributed by atoms with E-state index in [0.717, 1.165) is 44.6 Å². The quantitative estimate of drug-likeness (QED) is 0.630. The van der Waals surface area contributed by atoms with Crippen molar-refractivity contribution in [1.29, 1.82) is 0 Å². The average molecular weight is 264 g/mol. The number of nitrogens with zero attached hydrogens (tertiary/aromatic N) is 1. The highest BCUT2D eigenvalue weighted by atomic mass is 16.5. The van der Waals surface area contributed by atoms with Crippen LogP contribution in [0.25, 0.3) is 0 Å². The molecule has 1 aromatic carbocycles. The van der Waals surface area contributed by atoms with E-state index < -0.39 is 5.60 Å². The number of nitrogen functional groups attached to an aromatic ring is 1. The maximum atomic E-state index is 10.0. The fourth-order valence-electron chi connectivity index (χ4n) is 2.60.